The van der Waals surface area contributed by atoms with Gasteiger partial charge in [0.2, 0.25) is 0 Å². The molecule has 0 spiro atoms. The van der Waals surface area contributed by atoms with Gasteiger partial charge < -0.3 is 25.2 Å². The topological polar surface area (TPSA) is 108 Å². The van der Waals surface area contributed by atoms with Crippen molar-refractivity contribution in [2.45, 2.75) is 44.4 Å². The molecule has 4 rings (SSSR count). The van der Waals surface area contributed by atoms with Crippen molar-refractivity contribution in [3.8, 4) is 0 Å². The molecule has 9 nitrogen and oxygen atoms in total. The minimum Gasteiger partial charge on any atom is -0.393 e. The number of fused-ring (bicyclic) bond motifs is 1. The first-order chi connectivity index (χ1) is 15.0. The molecule has 0 unspecified atom stereocenters. The summed E-state index contributed by atoms with van der Waals surface area (Å²) >= 11 is 0. The number of aliphatic hydroxyl groups excluding tert-OH is 1. The van der Waals surface area contributed by atoms with E-state index in [1.54, 1.807) is 23.2 Å². The second kappa shape index (κ2) is 9.40. The Morgan fingerprint density at radius 1 is 1.19 bits per heavy atom. The number of nitrogens with zero attached hydrogens (tertiary/aromatic N) is 5. The number of hydrogen-bond donors (Lipinski definition) is 3. The summed E-state index contributed by atoms with van der Waals surface area (Å²) in [5.41, 5.74) is -0.0590. The van der Waals surface area contributed by atoms with Crippen LogP contribution < -0.4 is 16.2 Å². The van der Waals surface area contributed by atoms with E-state index < -0.39 is 0 Å². The molecule has 9 heteroatoms. The van der Waals surface area contributed by atoms with Gasteiger partial charge in [-0.3, -0.25) is 9.78 Å². The van der Waals surface area contributed by atoms with Crippen LogP contribution in [0.4, 0.5) is 17.5 Å². The minimum absolute atomic E-state index is 0.0590. The van der Waals surface area contributed by atoms with Gasteiger partial charge in [-0.05, 0) is 57.3 Å². The molecule has 0 amide bonds. The van der Waals surface area contributed by atoms with Gasteiger partial charge in [0.15, 0.2) is 0 Å². The Morgan fingerprint density at radius 2 is 2.00 bits per heavy atom. The standard InChI is InChI=1S/C22H29N7O2/c1-28(2)11-12-29-10-7-15-13-18(26-19-14-23-8-9-24-19)27-21(20(15)22(29)31)25-16-3-5-17(30)6-4-16/h7-10,13-14,16-17,30H,3-6,11-12H2,1-2H3,(H2,24,25,26,27). The van der Waals surface area contributed by atoms with Crippen molar-refractivity contribution in [2.75, 3.05) is 31.3 Å². The number of pyridine rings is 2. The van der Waals surface area contributed by atoms with Gasteiger partial charge >= 0.3 is 0 Å². The molecule has 0 aliphatic heterocycles. The van der Waals surface area contributed by atoms with E-state index in [1.807, 2.05) is 32.4 Å². The van der Waals surface area contributed by atoms with E-state index in [-0.39, 0.29) is 17.7 Å². The van der Waals surface area contributed by atoms with Gasteiger partial charge in [-0.2, -0.15) is 0 Å². The summed E-state index contributed by atoms with van der Waals surface area (Å²) in [6.45, 7) is 1.38. The molecule has 3 N–H and O–H groups in total. The van der Waals surface area contributed by atoms with E-state index in [0.29, 0.717) is 29.4 Å². The first-order valence-electron chi connectivity index (χ1n) is 10.7. The van der Waals surface area contributed by atoms with Crippen LogP contribution in [0.5, 0.6) is 0 Å². The molecule has 3 aromatic heterocycles. The lowest BCUT2D eigenvalue weighted by Gasteiger charge is -2.27. The first kappa shape index (κ1) is 21.2. The number of likely N-dealkylation sites (N-methyl/N-ethyl adjacent to an activating group) is 1. The van der Waals surface area contributed by atoms with Crippen molar-refractivity contribution >= 4 is 28.2 Å². The van der Waals surface area contributed by atoms with E-state index in [4.69, 9.17) is 4.98 Å². The highest BCUT2D eigenvalue weighted by Gasteiger charge is 2.21. The van der Waals surface area contributed by atoms with Crippen molar-refractivity contribution in [3.05, 3.63) is 47.3 Å². The van der Waals surface area contributed by atoms with Gasteiger partial charge in [-0.15, -0.1) is 0 Å². The highest BCUT2D eigenvalue weighted by molar-refractivity contribution is 5.93. The Balaban J connectivity index is 1.72. The monoisotopic (exact) mass is 423 g/mol. The maximum absolute atomic E-state index is 13.3. The molecule has 0 atom stereocenters. The lowest BCUT2D eigenvalue weighted by molar-refractivity contribution is 0.126. The average molecular weight is 424 g/mol. The number of rotatable bonds is 7. The summed E-state index contributed by atoms with van der Waals surface area (Å²) in [7, 11) is 3.98. The summed E-state index contributed by atoms with van der Waals surface area (Å²) < 4.78 is 1.73. The van der Waals surface area contributed by atoms with E-state index in [1.165, 1.54) is 0 Å². The predicted molar refractivity (Wildman–Crippen MR) is 122 cm³/mol. The zero-order valence-corrected chi connectivity index (χ0v) is 18.0. The quantitative estimate of drug-likeness (QED) is 0.531. The van der Waals surface area contributed by atoms with Gasteiger partial charge in [0.1, 0.15) is 17.5 Å². The van der Waals surface area contributed by atoms with Crippen LogP contribution in [0.25, 0.3) is 10.8 Å². The Hall–Kier alpha value is -3.04. The smallest absolute Gasteiger partial charge is 0.262 e. The van der Waals surface area contributed by atoms with Gasteiger partial charge in [-0.25, -0.2) is 9.97 Å². The second-order valence-electron chi connectivity index (χ2n) is 8.30. The molecular formula is C22H29N7O2. The average Bonchev–Trinajstić information content (AvgIpc) is 2.75. The highest BCUT2D eigenvalue weighted by atomic mass is 16.3. The SMILES string of the molecule is CN(C)CCn1ccc2cc(Nc3cnccn3)nc(NC3CCC(O)CC3)c2c1=O. The molecule has 31 heavy (non-hydrogen) atoms. The molecule has 1 aliphatic rings. The lowest BCUT2D eigenvalue weighted by Crippen LogP contribution is -2.30. The van der Waals surface area contributed by atoms with Crippen molar-refractivity contribution < 1.29 is 5.11 Å². The third-order valence-corrected chi connectivity index (χ3v) is 5.60. The minimum atomic E-state index is -0.240. The van der Waals surface area contributed by atoms with Crippen LogP contribution in [0.3, 0.4) is 0 Å². The maximum Gasteiger partial charge on any atom is 0.262 e. The van der Waals surface area contributed by atoms with Crippen molar-refractivity contribution in [1.29, 1.82) is 0 Å². The van der Waals surface area contributed by atoms with E-state index in [9.17, 15) is 9.90 Å². The fourth-order valence-corrected chi connectivity index (χ4v) is 3.86. The Kier molecular flexibility index (Phi) is 6.43. The molecule has 0 bridgehead atoms. The highest BCUT2D eigenvalue weighted by Crippen LogP contribution is 2.27. The first-order valence-corrected chi connectivity index (χ1v) is 10.7. The molecule has 164 valence electrons. The van der Waals surface area contributed by atoms with Crippen molar-refractivity contribution in [1.82, 2.24) is 24.4 Å². The number of hydrogen-bond acceptors (Lipinski definition) is 8. The van der Waals surface area contributed by atoms with Crippen LogP contribution in [0.1, 0.15) is 25.7 Å². The molecule has 1 fully saturated rings. The third-order valence-electron chi connectivity index (χ3n) is 5.60. The fraction of sp³-hybridized carbons (Fsp3) is 0.455. The predicted octanol–water partition coefficient (Wildman–Crippen LogP) is 2.21. The zero-order valence-electron chi connectivity index (χ0n) is 18.0. The summed E-state index contributed by atoms with van der Waals surface area (Å²) in [6, 6.07) is 3.98. The van der Waals surface area contributed by atoms with E-state index in [0.717, 1.165) is 37.6 Å². The van der Waals surface area contributed by atoms with Crippen LogP contribution in [-0.4, -0.2) is 62.3 Å². The number of nitrogens with one attached hydrogen (secondary N) is 2. The summed E-state index contributed by atoms with van der Waals surface area (Å²) in [4.78, 5) is 28.4. The Morgan fingerprint density at radius 3 is 2.71 bits per heavy atom. The Labute approximate surface area is 181 Å². The number of aliphatic hydroxyl groups is 1. The van der Waals surface area contributed by atoms with Crippen molar-refractivity contribution in [3.63, 3.8) is 0 Å². The molecule has 3 heterocycles. The molecule has 3 aromatic rings. The lowest BCUT2D eigenvalue weighted by atomic mass is 9.93. The number of anilines is 3. The molecular weight excluding hydrogens is 394 g/mol. The summed E-state index contributed by atoms with van der Waals surface area (Å²) in [5, 5.41) is 17.9. The van der Waals surface area contributed by atoms with Crippen LogP contribution in [-0.2, 0) is 6.54 Å². The van der Waals surface area contributed by atoms with Crippen LogP contribution in [0.15, 0.2) is 41.7 Å². The Bertz CT molecular complexity index is 1080. The molecule has 1 saturated carbocycles. The normalized spacial score (nSPS) is 19.0. The van der Waals surface area contributed by atoms with Crippen LogP contribution in [0, 0.1) is 0 Å². The fourth-order valence-electron chi connectivity index (χ4n) is 3.86. The molecule has 1 aliphatic carbocycles. The number of aromatic nitrogens is 4. The van der Waals surface area contributed by atoms with E-state index in [2.05, 4.69) is 25.5 Å². The molecule has 0 saturated heterocycles. The molecule has 0 radical (unpaired) electrons. The summed E-state index contributed by atoms with van der Waals surface area (Å²) in [6.07, 6.45) is 9.62. The van der Waals surface area contributed by atoms with Crippen LogP contribution in [0.2, 0.25) is 0 Å². The zero-order chi connectivity index (χ0) is 21.8. The van der Waals surface area contributed by atoms with Crippen LogP contribution >= 0.6 is 0 Å². The van der Waals surface area contributed by atoms with Gasteiger partial charge in [0.25, 0.3) is 5.56 Å². The van der Waals surface area contributed by atoms with Gasteiger partial charge in [-0.1, -0.05) is 0 Å². The van der Waals surface area contributed by atoms with Gasteiger partial charge in [0.05, 0.1) is 17.7 Å². The largest absolute Gasteiger partial charge is 0.393 e. The van der Waals surface area contributed by atoms with Crippen molar-refractivity contribution in [2.24, 2.45) is 0 Å². The molecule has 0 aromatic carbocycles. The van der Waals surface area contributed by atoms with E-state index >= 15 is 0 Å². The second-order valence-corrected chi connectivity index (χ2v) is 8.30. The summed E-state index contributed by atoms with van der Waals surface area (Å²) in [5.74, 6) is 1.74. The third kappa shape index (κ3) is 5.18. The maximum atomic E-state index is 13.3. The van der Waals surface area contributed by atoms with Gasteiger partial charge in [0, 0.05) is 37.7 Å².